The molecule has 0 aliphatic heterocycles. The van der Waals surface area contributed by atoms with E-state index >= 15 is 0 Å². The van der Waals surface area contributed by atoms with Gasteiger partial charge in [-0.25, -0.2) is 4.98 Å². The second-order valence-electron chi connectivity index (χ2n) is 4.03. The van der Waals surface area contributed by atoms with Crippen LogP contribution in [0.15, 0.2) is 18.3 Å². The predicted molar refractivity (Wildman–Crippen MR) is 58.6 cm³/mol. The van der Waals surface area contributed by atoms with Gasteiger partial charge in [-0.1, -0.05) is 0 Å². The number of anilines is 1. The minimum Gasteiger partial charge on any atom is -0.367 e. The summed E-state index contributed by atoms with van der Waals surface area (Å²) in [5.74, 6) is 0.880. The first-order valence-corrected chi connectivity index (χ1v) is 5.20. The van der Waals surface area contributed by atoms with Gasteiger partial charge >= 0.3 is 0 Å². The number of carbonyl (C=O) groups excluding carboxylic acids is 1. The highest BCUT2D eigenvalue weighted by Crippen LogP contribution is 2.33. The molecule has 1 aromatic rings. The van der Waals surface area contributed by atoms with Crippen LogP contribution in [0.2, 0.25) is 0 Å². The number of rotatable bonds is 4. The van der Waals surface area contributed by atoms with E-state index in [4.69, 9.17) is 5.73 Å². The van der Waals surface area contributed by atoms with Crippen LogP contribution in [0, 0.1) is 5.92 Å². The SMILES string of the molecule is CC(Nc1ncccc1C(N)=O)C1CC1. The van der Waals surface area contributed by atoms with Crippen molar-refractivity contribution in [3.8, 4) is 0 Å². The monoisotopic (exact) mass is 205 g/mol. The number of nitrogens with one attached hydrogen (secondary N) is 1. The van der Waals surface area contributed by atoms with Crippen LogP contribution in [0.1, 0.15) is 30.1 Å². The fourth-order valence-electron chi connectivity index (χ4n) is 1.65. The number of carbonyl (C=O) groups is 1. The molecule has 0 bridgehead atoms. The molecule has 0 aromatic carbocycles. The van der Waals surface area contributed by atoms with Crippen LogP contribution in [0.3, 0.4) is 0 Å². The average Bonchev–Trinajstić information content (AvgIpc) is 3.01. The van der Waals surface area contributed by atoms with Gasteiger partial charge in [0.2, 0.25) is 0 Å². The van der Waals surface area contributed by atoms with Gasteiger partial charge in [-0.05, 0) is 37.8 Å². The van der Waals surface area contributed by atoms with Gasteiger partial charge in [-0.15, -0.1) is 0 Å². The first-order chi connectivity index (χ1) is 7.18. The third-order valence-electron chi connectivity index (χ3n) is 2.77. The third-order valence-corrected chi connectivity index (χ3v) is 2.77. The molecule has 4 nitrogen and oxygen atoms in total. The Morgan fingerprint density at radius 2 is 2.40 bits per heavy atom. The Hall–Kier alpha value is -1.58. The van der Waals surface area contributed by atoms with E-state index in [1.54, 1.807) is 18.3 Å². The van der Waals surface area contributed by atoms with Crippen LogP contribution < -0.4 is 11.1 Å². The molecule has 3 N–H and O–H groups in total. The Kier molecular flexibility index (Phi) is 2.58. The Morgan fingerprint density at radius 1 is 1.67 bits per heavy atom. The van der Waals surface area contributed by atoms with Gasteiger partial charge in [-0.2, -0.15) is 0 Å². The molecule has 1 unspecified atom stereocenters. The van der Waals surface area contributed by atoms with Crippen LogP contribution in [-0.2, 0) is 0 Å². The van der Waals surface area contributed by atoms with Gasteiger partial charge in [0, 0.05) is 12.2 Å². The summed E-state index contributed by atoms with van der Waals surface area (Å²) in [5.41, 5.74) is 5.73. The van der Waals surface area contributed by atoms with E-state index in [9.17, 15) is 4.79 Å². The van der Waals surface area contributed by atoms with Crippen molar-refractivity contribution in [2.45, 2.75) is 25.8 Å². The molecule has 1 fully saturated rings. The van der Waals surface area contributed by atoms with E-state index in [1.807, 2.05) is 0 Å². The Balaban J connectivity index is 2.15. The minimum atomic E-state index is -0.436. The number of nitrogens with two attached hydrogens (primary N) is 1. The number of hydrogen-bond acceptors (Lipinski definition) is 3. The molecule has 80 valence electrons. The molecule has 1 atom stereocenters. The van der Waals surface area contributed by atoms with Crippen molar-refractivity contribution in [2.24, 2.45) is 11.7 Å². The second kappa shape index (κ2) is 3.88. The lowest BCUT2D eigenvalue weighted by molar-refractivity contribution is 0.100. The summed E-state index contributed by atoms with van der Waals surface area (Å²) in [7, 11) is 0. The molecular weight excluding hydrogens is 190 g/mol. The first kappa shape index (κ1) is 9.96. The predicted octanol–water partition coefficient (Wildman–Crippen LogP) is 1.39. The maximum atomic E-state index is 11.1. The van der Waals surface area contributed by atoms with E-state index < -0.39 is 5.91 Å². The van der Waals surface area contributed by atoms with Gasteiger partial charge in [0.05, 0.1) is 5.56 Å². The fourth-order valence-corrected chi connectivity index (χ4v) is 1.65. The molecule has 1 heterocycles. The number of primary amides is 1. The van der Waals surface area contributed by atoms with Gasteiger partial charge in [0.1, 0.15) is 5.82 Å². The molecule has 1 amide bonds. The van der Waals surface area contributed by atoms with Crippen LogP contribution >= 0.6 is 0 Å². The largest absolute Gasteiger partial charge is 0.367 e. The van der Waals surface area contributed by atoms with Gasteiger partial charge in [0.15, 0.2) is 0 Å². The molecular formula is C11H15N3O. The van der Waals surface area contributed by atoms with Crippen molar-refractivity contribution in [1.29, 1.82) is 0 Å². The van der Waals surface area contributed by atoms with Crippen molar-refractivity contribution >= 4 is 11.7 Å². The molecule has 1 aromatic heterocycles. The summed E-state index contributed by atoms with van der Waals surface area (Å²) in [4.78, 5) is 15.3. The van der Waals surface area contributed by atoms with E-state index in [0.717, 1.165) is 0 Å². The molecule has 15 heavy (non-hydrogen) atoms. The number of aromatic nitrogens is 1. The molecule has 1 saturated carbocycles. The summed E-state index contributed by atoms with van der Waals surface area (Å²) in [6.07, 6.45) is 4.17. The third kappa shape index (κ3) is 2.26. The van der Waals surface area contributed by atoms with Gasteiger partial charge in [-0.3, -0.25) is 4.79 Å². The summed E-state index contributed by atoms with van der Waals surface area (Å²) < 4.78 is 0. The van der Waals surface area contributed by atoms with Gasteiger partial charge in [0.25, 0.3) is 5.91 Å². The zero-order valence-corrected chi connectivity index (χ0v) is 8.73. The van der Waals surface area contributed by atoms with Crippen molar-refractivity contribution in [2.75, 3.05) is 5.32 Å². The first-order valence-electron chi connectivity index (χ1n) is 5.20. The topological polar surface area (TPSA) is 68.0 Å². The molecule has 1 aliphatic carbocycles. The lowest BCUT2D eigenvalue weighted by Gasteiger charge is -2.14. The van der Waals surface area contributed by atoms with E-state index in [0.29, 0.717) is 23.3 Å². The standard InChI is InChI=1S/C11H15N3O/c1-7(8-4-5-8)14-11-9(10(12)15)3-2-6-13-11/h2-3,6-8H,4-5H2,1H3,(H2,12,15)(H,13,14). The Morgan fingerprint density at radius 3 is 3.00 bits per heavy atom. The maximum Gasteiger partial charge on any atom is 0.252 e. The molecule has 1 aliphatic rings. The Bertz CT molecular complexity index is 374. The van der Waals surface area contributed by atoms with E-state index in [1.165, 1.54) is 12.8 Å². The fraction of sp³-hybridized carbons (Fsp3) is 0.455. The molecule has 0 saturated heterocycles. The van der Waals surface area contributed by atoms with E-state index in [2.05, 4.69) is 17.2 Å². The lowest BCUT2D eigenvalue weighted by Crippen LogP contribution is -2.22. The highest BCUT2D eigenvalue weighted by molar-refractivity contribution is 5.97. The second-order valence-corrected chi connectivity index (χ2v) is 4.03. The number of amides is 1. The molecule has 4 heteroatoms. The van der Waals surface area contributed by atoms with Crippen molar-refractivity contribution in [1.82, 2.24) is 4.98 Å². The van der Waals surface area contributed by atoms with Crippen molar-refractivity contribution < 1.29 is 4.79 Å². The summed E-state index contributed by atoms with van der Waals surface area (Å²) in [6.45, 7) is 2.11. The molecule has 0 spiro atoms. The summed E-state index contributed by atoms with van der Waals surface area (Å²) in [6, 6.07) is 3.77. The van der Waals surface area contributed by atoms with Crippen LogP contribution in [0.5, 0.6) is 0 Å². The van der Waals surface area contributed by atoms with E-state index in [-0.39, 0.29) is 0 Å². The molecule has 0 radical (unpaired) electrons. The number of hydrogen-bond donors (Lipinski definition) is 2. The summed E-state index contributed by atoms with van der Waals surface area (Å²) >= 11 is 0. The van der Waals surface area contributed by atoms with Crippen LogP contribution in [-0.4, -0.2) is 16.9 Å². The van der Waals surface area contributed by atoms with Crippen LogP contribution in [0.25, 0.3) is 0 Å². The zero-order valence-electron chi connectivity index (χ0n) is 8.73. The maximum absolute atomic E-state index is 11.1. The highest BCUT2D eigenvalue weighted by Gasteiger charge is 2.28. The average molecular weight is 205 g/mol. The van der Waals surface area contributed by atoms with Crippen molar-refractivity contribution in [3.05, 3.63) is 23.9 Å². The normalized spacial score (nSPS) is 17.1. The quantitative estimate of drug-likeness (QED) is 0.780. The molecule has 2 rings (SSSR count). The Labute approximate surface area is 88.9 Å². The minimum absolute atomic E-state index is 0.359. The highest BCUT2D eigenvalue weighted by atomic mass is 16.1. The number of nitrogens with zero attached hydrogens (tertiary/aromatic N) is 1. The van der Waals surface area contributed by atoms with Gasteiger partial charge < -0.3 is 11.1 Å². The van der Waals surface area contributed by atoms with Crippen molar-refractivity contribution in [3.63, 3.8) is 0 Å². The smallest absolute Gasteiger partial charge is 0.252 e. The zero-order chi connectivity index (χ0) is 10.8. The lowest BCUT2D eigenvalue weighted by atomic mass is 10.2. The summed E-state index contributed by atoms with van der Waals surface area (Å²) in [5, 5.41) is 3.24. The number of pyridine rings is 1. The van der Waals surface area contributed by atoms with Crippen LogP contribution in [0.4, 0.5) is 5.82 Å².